The van der Waals surface area contributed by atoms with Crippen LogP contribution in [0.15, 0.2) is 66.2 Å². The number of thiophene rings is 1. The van der Waals surface area contributed by atoms with Crippen molar-refractivity contribution < 1.29 is 4.79 Å². The van der Waals surface area contributed by atoms with Crippen molar-refractivity contribution in [2.24, 2.45) is 0 Å². The van der Waals surface area contributed by atoms with E-state index in [2.05, 4.69) is 10.3 Å². The van der Waals surface area contributed by atoms with E-state index in [0.29, 0.717) is 13.0 Å². The van der Waals surface area contributed by atoms with Gasteiger partial charge in [-0.15, -0.1) is 11.3 Å². The van der Waals surface area contributed by atoms with Gasteiger partial charge in [0.2, 0.25) is 5.91 Å². The van der Waals surface area contributed by atoms with E-state index in [9.17, 15) is 4.79 Å². The fourth-order valence-corrected chi connectivity index (χ4v) is 3.16. The second kappa shape index (κ2) is 7.70. The minimum Gasteiger partial charge on any atom is -0.352 e. The summed E-state index contributed by atoms with van der Waals surface area (Å²) in [5.41, 5.74) is 3.18. The second-order valence-electron chi connectivity index (χ2n) is 5.25. The van der Waals surface area contributed by atoms with E-state index in [1.165, 1.54) is 5.56 Å². The molecule has 0 fully saturated rings. The van der Waals surface area contributed by atoms with Crippen LogP contribution in [0.25, 0.3) is 10.6 Å². The normalized spacial score (nSPS) is 10.4. The number of hydrogen-bond acceptors (Lipinski definition) is 3. The molecule has 23 heavy (non-hydrogen) atoms. The lowest BCUT2D eigenvalue weighted by atomic mass is 10.1. The summed E-state index contributed by atoms with van der Waals surface area (Å²) in [6.07, 6.45) is 3.05. The van der Waals surface area contributed by atoms with Gasteiger partial charge in [-0.1, -0.05) is 42.5 Å². The van der Waals surface area contributed by atoms with Crippen molar-refractivity contribution >= 4 is 17.2 Å². The molecule has 4 heteroatoms. The zero-order chi connectivity index (χ0) is 15.9. The molecule has 2 heterocycles. The smallest absolute Gasteiger partial charge is 0.220 e. The molecule has 2 aromatic heterocycles. The van der Waals surface area contributed by atoms with Crippen LogP contribution in [0, 0.1) is 0 Å². The summed E-state index contributed by atoms with van der Waals surface area (Å²) in [5, 5.41) is 5.03. The minimum absolute atomic E-state index is 0.0647. The van der Waals surface area contributed by atoms with Gasteiger partial charge in [0, 0.05) is 19.2 Å². The van der Waals surface area contributed by atoms with Crippen molar-refractivity contribution in [2.75, 3.05) is 0 Å². The quantitative estimate of drug-likeness (QED) is 0.743. The number of benzene rings is 1. The molecule has 1 N–H and O–H groups in total. The summed E-state index contributed by atoms with van der Waals surface area (Å²) in [6, 6.07) is 18.0. The first-order valence-electron chi connectivity index (χ1n) is 7.61. The highest BCUT2D eigenvalue weighted by atomic mass is 32.1. The number of carbonyl (C=O) groups is 1. The van der Waals surface area contributed by atoms with Crippen LogP contribution in [-0.2, 0) is 17.8 Å². The van der Waals surface area contributed by atoms with E-state index in [1.54, 1.807) is 17.5 Å². The van der Waals surface area contributed by atoms with Gasteiger partial charge in [-0.25, -0.2) is 0 Å². The summed E-state index contributed by atoms with van der Waals surface area (Å²) in [7, 11) is 0. The fourth-order valence-electron chi connectivity index (χ4n) is 2.40. The largest absolute Gasteiger partial charge is 0.352 e. The number of hydrogen-bond donors (Lipinski definition) is 1. The topological polar surface area (TPSA) is 42.0 Å². The van der Waals surface area contributed by atoms with Crippen LogP contribution < -0.4 is 5.32 Å². The van der Waals surface area contributed by atoms with E-state index in [0.717, 1.165) is 22.6 Å². The fraction of sp³-hybridized carbons (Fsp3) is 0.158. The molecular weight excluding hydrogens is 304 g/mol. The molecule has 0 aliphatic heterocycles. The van der Waals surface area contributed by atoms with Crippen LogP contribution in [0.1, 0.15) is 17.5 Å². The number of aromatic nitrogens is 1. The maximum Gasteiger partial charge on any atom is 0.220 e. The molecule has 1 aromatic carbocycles. The van der Waals surface area contributed by atoms with Gasteiger partial charge in [0.05, 0.1) is 10.6 Å². The highest BCUT2D eigenvalue weighted by molar-refractivity contribution is 7.13. The maximum absolute atomic E-state index is 12.1. The minimum atomic E-state index is 0.0647. The summed E-state index contributed by atoms with van der Waals surface area (Å²) in [4.78, 5) is 17.6. The summed E-state index contributed by atoms with van der Waals surface area (Å²) in [6.45, 7) is 0.509. The molecule has 0 radical (unpaired) electrons. The number of carbonyl (C=O) groups excluding carboxylic acids is 1. The third kappa shape index (κ3) is 4.27. The Hall–Kier alpha value is -2.46. The predicted molar refractivity (Wildman–Crippen MR) is 94.2 cm³/mol. The summed E-state index contributed by atoms with van der Waals surface area (Å²) < 4.78 is 0. The first-order chi connectivity index (χ1) is 11.3. The lowest BCUT2D eigenvalue weighted by molar-refractivity contribution is -0.121. The first-order valence-corrected chi connectivity index (χ1v) is 8.49. The molecule has 3 rings (SSSR count). The average Bonchev–Trinajstić information content (AvgIpc) is 3.14. The highest BCUT2D eigenvalue weighted by Crippen LogP contribution is 2.25. The molecule has 0 aliphatic carbocycles. The van der Waals surface area contributed by atoms with Gasteiger partial charge in [-0.05, 0) is 35.1 Å². The number of nitrogens with zero attached hydrogens (tertiary/aromatic N) is 1. The molecule has 0 saturated carbocycles. The van der Waals surface area contributed by atoms with E-state index in [4.69, 9.17) is 0 Å². The van der Waals surface area contributed by atoms with Crippen molar-refractivity contribution in [3.8, 4) is 10.6 Å². The molecule has 3 nitrogen and oxygen atoms in total. The van der Waals surface area contributed by atoms with Crippen LogP contribution in [0.3, 0.4) is 0 Å². The van der Waals surface area contributed by atoms with E-state index < -0.39 is 0 Å². The zero-order valence-corrected chi connectivity index (χ0v) is 13.6. The monoisotopic (exact) mass is 322 g/mol. The van der Waals surface area contributed by atoms with Gasteiger partial charge in [0.15, 0.2) is 0 Å². The van der Waals surface area contributed by atoms with E-state index in [-0.39, 0.29) is 5.91 Å². The number of nitrogens with one attached hydrogen (secondary N) is 1. The van der Waals surface area contributed by atoms with Gasteiger partial charge in [-0.2, -0.15) is 0 Å². The molecule has 0 spiro atoms. The van der Waals surface area contributed by atoms with Crippen molar-refractivity contribution in [1.82, 2.24) is 10.3 Å². The highest BCUT2D eigenvalue weighted by Gasteiger charge is 2.08. The molecule has 0 saturated heterocycles. The molecule has 0 unspecified atom stereocenters. The van der Waals surface area contributed by atoms with E-state index in [1.807, 2.05) is 60.0 Å². The van der Waals surface area contributed by atoms with Crippen LogP contribution >= 0.6 is 11.3 Å². The Balaban J connectivity index is 1.57. The Bertz CT molecular complexity index is 754. The molecule has 0 aliphatic rings. The van der Waals surface area contributed by atoms with Crippen molar-refractivity contribution in [1.29, 1.82) is 0 Å². The Morgan fingerprint density at radius 1 is 1.04 bits per heavy atom. The molecule has 1 amide bonds. The summed E-state index contributed by atoms with van der Waals surface area (Å²) in [5.74, 6) is 0.0647. The van der Waals surface area contributed by atoms with Gasteiger partial charge in [-0.3, -0.25) is 9.78 Å². The standard InChI is InChI=1S/C19H18N2OS/c22-18(11-10-15-6-2-1-3-7-15)21-14-16-8-4-12-20-19(16)17-9-5-13-23-17/h1-9,12-13H,10-11,14H2,(H,21,22). The molecule has 0 atom stereocenters. The van der Waals surface area contributed by atoms with Crippen LogP contribution in [0.2, 0.25) is 0 Å². The maximum atomic E-state index is 12.1. The van der Waals surface area contributed by atoms with E-state index >= 15 is 0 Å². The Morgan fingerprint density at radius 3 is 2.70 bits per heavy atom. The third-order valence-electron chi connectivity index (χ3n) is 3.61. The van der Waals surface area contributed by atoms with Gasteiger partial charge in [0.25, 0.3) is 0 Å². The van der Waals surface area contributed by atoms with Crippen LogP contribution in [-0.4, -0.2) is 10.9 Å². The molecule has 116 valence electrons. The Morgan fingerprint density at radius 2 is 1.91 bits per heavy atom. The Kier molecular flexibility index (Phi) is 5.17. The summed E-state index contributed by atoms with van der Waals surface area (Å²) >= 11 is 1.66. The number of rotatable bonds is 6. The first kappa shape index (κ1) is 15.4. The number of pyridine rings is 1. The molecule has 0 bridgehead atoms. The number of amides is 1. The molecule has 3 aromatic rings. The number of aryl methyl sites for hydroxylation is 1. The van der Waals surface area contributed by atoms with Crippen LogP contribution in [0.5, 0.6) is 0 Å². The van der Waals surface area contributed by atoms with Crippen LogP contribution in [0.4, 0.5) is 0 Å². The van der Waals surface area contributed by atoms with Gasteiger partial charge < -0.3 is 5.32 Å². The predicted octanol–water partition coefficient (Wildman–Crippen LogP) is 4.06. The SMILES string of the molecule is O=C(CCc1ccccc1)NCc1cccnc1-c1cccs1. The van der Waals surface area contributed by atoms with Crippen molar-refractivity contribution in [3.63, 3.8) is 0 Å². The van der Waals surface area contributed by atoms with Crippen molar-refractivity contribution in [2.45, 2.75) is 19.4 Å². The zero-order valence-electron chi connectivity index (χ0n) is 12.7. The van der Waals surface area contributed by atoms with Crippen molar-refractivity contribution in [3.05, 3.63) is 77.3 Å². The van der Waals surface area contributed by atoms with Gasteiger partial charge in [0.1, 0.15) is 0 Å². The Labute approximate surface area is 140 Å². The second-order valence-corrected chi connectivity index (χ2v) is 6.20. The third-order valence-corrected chi connectivity index (χ3v) is 4.48. The van der Waals surface area contributed by atoms with Gasteiger partial charge >= 0.3 is 0 Å². The lowest BCUT2D eigenvalue weighted by Gasteiger charge is -2.09. The lowest BCUT2D eigenvalue weighted by Crippen LogP contribution is -2.23. The molecular formula is C19H18N2OS. The average molecular weight is 322 g/mol.